The Morgan fingerprint density at radius 1 is 1.41 bits per heavy atom. The molecular formula is C19H32O3. The molecule has 22 heavy (non-hydrogen) atoms. The number of allylic oxidation sites excluding steroid dienone is 3. The van der Waals surface area contributed by atoms with Crippen LogP contribution in [0.5, 0.6) is 0 Å². The van der Waals surface area contributed by atoms with Gasteiger partial charge in [-0.15, -0.1) is 0 Å². The average molecular weight is 308 g/mol. The molecule has 0 aromatic carbocycles. The maximum Gasteiger partial charge on any atom is 0.330 e. The van der Waals surface area contributed by atoms with Crippen LogP contribution in [0.3, 0.4) is 0 Å². The SMILES string of the molecule is CC/C(=C\C[C@H](C)/C(C)=C/C(=O)OC)CC[C@H]1O[C@@]1(C)CC. The minimum Gasteiger partial charge on any atom is -0.466 e. The molecule has 0 amide bonds. The molecule has 0 bridgehead atoms. The van der Waals surface area contributed by atoms with E-state index in [9.17, 15) is 4.79 Å². The maximum absolute atomic E-state index is 11.3. The van der Waals surface area contributed by atoms with Crippen LogP contribution in [-0.4, -0.2) is 24.8 Å². The zero-order valence-electron chi connectivity index (χ0n) is 15.1. The van der Waals surface area contributed by atoms with E-state index in [1.54, 1.807) is 6.08 Å². The van der Waals surface area contributed by atoms with E-state index >= 15 is 0 Å². The molecule has 3 atom stereocenters. The monoisotopic (exact) mass is 308 g/mol. The van der Waals surface area contributed by atoms with E-state index in [1.807, 2.05) is 6.92 Å². The molecule has 1 saturated heterocycles. The molecule has 1 heterocycles. The standard InChI is InChI=1S/C19H32O3/c1-7-16(11-12-17-19(5,8-2)22-17)10-9-14(3)15(4)13-18(20)21-6/h10,13-14,17H,7-9,11-12H2,1-6H3/b15-13+,16-10+/t14-,17+,19-/m0/s1. The van der Waals surface area contributed by atoms with Crippen molar-refractivity contribution in [2.24, 2.45) is 5.92 Å². The van der Waals surface area contributed by atoms with Gasteiger partial charge in [-0.05, 0) is 51.9 Å². The first-order valence-electron chi connectivity index (χ1n) is 8.48. The molecule has 3 heteroatoms. The van der Waals surface area contributed by atoms with Crippen molar-refractivity contribution >= 4 is 5.97 Å². The van der Waals surface area contributed by atoms with Crippen molar-refractivity contribution in [2.45, 2.75) is 78.4 Å². The fraction of sp³-hybridized carbons (Fsp3) is 0.737. The second kappa shape index (κ2) is 8.52. The van der Waals surface area contributed by atoms with E-state index in [0.717, 1.165) is 37.7 Å². The summed E-state index contributed by atoms with van der Waals surface area (Å²) in [4.78, 5) is 11.3. The number of carbonyl (C=O) groups excluding carboxylic acids is 1. The van der Waals surface area contributed by atoms with Gasteiger partial charge in [-0.25, -0.2) is 4.79 Å². The van der Waals surface area contributed by atoms with E-state index in [-0.39, 0.29) is 11.6 Å². The summed E-state index contributed by atoms with van der Waals surface area (Å²) < 4.78 is 10.5. The predicted octanol–water partition coefficient (Wildman–Crippen LogP) is 4.82. The fourth-order valence-corrected chi connectivity index (χ4v) is 2.62. The summed E-state index contributed by atoms with van der Waals surface area (Å²) in [6.45, 7) is 10.7. The van der Waals surface area contributed by atoms with Gasteiger partial charge >= 0.3 is 5.97 Å². The van der Waals surface area contributed by atoms with Gasteiger partial charge in [-0.3, -0.25) is 0 Å². The van der Waals surface area contributed by atoms with Gasteiger partial charge < -0.3 is 9.47 Å². The second-order valence-electron chi connectivity index (χ2n) is 6.58. The van der Waals surface area contributed by atoms with Crippen molar-refractivity contribution in [3.05, 3.63) is 23.3 Å². The third-order valence-electron chi connectivity index (χ3n) is 5.00. The van der Waals surface area contributed by atoms with Gasteiger partial charge in [0.15, 0.2) is 0 Å². The van der Waals surface area contributed by atoms with E-state index in [4.69, 9.17) is 4.74 Å². The number of ether oxygens (including phenoxy) is 2. The molecule has 3 nitrogen and oxygen atoms in total. The van der Waals surface area contributed by atoms with Crippen LogP contribution < -0.4 is 0 Å². The van der Waals surface area contributed by atoms with Crippen molar-refractivity contribution in [1.29, 1.82) is 0 Å². The van der Waals surface area contributed by atoms with Gasteiger partial charge in [0.05, 0.1) is 18.8 Å². The van der Waals surface area contributed by atoms with Crippen molar-refractivity contribution in [3.63, 3.8) is 0 Å². The highest BCUT2D eigenvalue weighted by Crippen LogP contribution is 2.42. The Kier molecular flexibility index (Phi) is 7.34. The van der Waals surface area contributed by atoms with Crippen LogP contribution in [0.25, 0.3) is 0 Å². The van der Waals surface area contributed by atoms with Crippen molar-refractivity contribution in [1.82, 2.24) is 0 Å². The largest absolute Gasteiger partial charge is 0.466 e. The molecule has 0 aromatic rings. The van der Waals surface area contributed by atoms with E-state index in [2.05, 4.69) is 38.5 Å². The topological polar surface area (TPSA) is 38.8 Å². The van der Waals surface area contributed by atoms with Crippen LogP contribution in [0, 0.1) is 5.92 Å². The molecule has 0 spiro atoms. The van der Waals surface area contributed by atoms with E-state index in [1.165, 1.54) is 12.7 Å². The number of hydrogen-bond acceptors (Lipinski definition) is 3. The van der Waals surface area contributed by atoms with Gasteiger partial charge in [0, 0.05) is 6.08 Å². The molecular weight excluding hydrogens is 276 g/mol. The summed E-state index contributed by atoms with van der Waals surface area (Å²) in [5, 5.41) is 0. The van der Waals surface area contributed by atoms with E-state index < -0.39 is 0 Å². The first-order chi connectivity index (χ1) is 10.4. The summed E-state index contributed by atoms with van der Waals surface area (Å²) >= 11 is 0. The molecule has 1 fully saturated rings. The summed E-state index contributed by atoms with van der Waals surface area (Å²) in [5.41, 5.74) is 2.70. The summed E-state index contributed by atoms with van der Waals surface area (Å²) in [6.07, 6.45) is 9.75. The Labute approximate surface area is 135 Å². The minimum atomic E-state index is -0.270. The van der Waals surface area contributed by atoms with Crippen molar-refractivity contribution in [2.75, 3.05) is 7.11 Å². The summed E-state index contributed by atoms with van der Waals surface area (Å²) in [7, 11) is 1.41. The Balaban J connectivity index is 2.44. The Hall–Kier alpha value is -1.09. The smallest absolute Gasteiger partial charge is 0.330 e. The van der Waals surface area contributed by atoms with Gasteiger partial charge in [0.1, 0.15) is 0 Å². The van der Waals surface area contributed by atoms with Gasteiger partial charge in [0.2, 0.25) is 0 Å². The maximum atomic E-state index is 11.3. The number of carbonyl (C=O) groups is 1. The molecule has 0 saturated carbocycles. The number of methoxy groups -OCH3 is 1. The van der Waals surface area contributed by atoms with Crippen molar-refractivity contribution in [3.8, 4) is 0 Å². The first-order valence-corrected chi connectivity index (χ1v) is 8.48. The fourth-order valence-electron chi connectivity index (χ4n) is 2.62. The van der Waals surface area contributed by atoms with Crippen LogP contribution in [0.15, 0.2) is 23.3 Å². The van der Waals surface area contributed by atoms with Crippen LogP contribution in [0.1, 0.15) is 66.7 Å². The molecule has 0 aromatic heterocycles. The predicted molar refractivity (Wildman–Crippen MR) is 90.7 cm³/mol. The molecule has 0 unspecified atom stereocenters. The number of esters is 1. The highest BCUT2D eigenvalue weighted by molar-refractivity contribution is 5.82. The highest BCUT2D eigenvalue weighted by Gasteiger charge is 2.49. The summed E-state index contributed by atoms with van der Waals surface area (Å²) in [6, 6.07) is 0. The van der Waals surface area contributed by atoms with E-state index in [0.29, 0.717) is 12.0 Å². The third kappa shape index (κ3) is 5.60. The van der Waals surface area contributed by atoms with Crippen LogP contribution in [0.2, 0.25) is 0 Å². The number of epoxide rings is 1. The first kappa shape index (κ1) is 19.0. The quantitative estimate of drug-likeness (QED) is 0.265. The Bertz CT molecular complexity index is 436. The lowest BCUT2D eigenvalue weighted by Gasteiger charge is -2.11. The number of hydrogen-bond donors (Lipinski definition) is 0. The molecule has 1 aliphatic heterocycles. The zero-order valence-corrected chi connectivity index (χ0v) is 15.1. The molecule has 0 N–H and O–H groups in total. The Morgan fingerprint density at radius 2 is 2.09 bits per heavy atom. The van der Waals surface area contributed by atoms with Crippen molar-refractivity contribution < 1.29 is 14.3 Å². The molecule has 1 aliphatic rings. The normalized spacial score (nSPS) is 26.7. The average Bonchev–Trinajstić information content (AvgIpc) is 3.18. The molecule has 0 radical (unpaired) electrons. The lowest BCUT2D eigenvalue weighted by molar-refractivity contribution is -0.134. The van der Waals surface area contributed by atoms with Gasteiger partial charge in [0.25, 0.3) is 0 Å². The summed E-state index contributed by atoms with van der Waals surface area (Å²) in [5.74, 6) is 0.0903. The van der Waals surface area contributed by atoms with Crippen LogP contribution in [0.4, 0.5) is 0 Å². The zero-order chi connectivity index (χ0) is 16.8. The third-order valence-corrected chi connectivity index (χ3v) is 5.00. The minimum absolute atomic E-state index is 0.131. The lowest BCUT2D eigenvalue weighted by atomic mass is 9.94. The number of rotatable bonds is 9. The van der Waals surface area contributed by atoms with Crippen LogP contribution >= 0.6 is 0 Å². The second-order valence-corrected chi connectivity index (χ2v) is 6.58. The van der Waals surface area contributed by atoms with Gasteiger partial charge in [-0.1, -0.05) is 38.0 Å². The van der Waals surface area contributed by atoms with Gasteiger partial charge in [-0.2, -0.15) is 0 Å². The highest BCUT2D eigenvalue weighted by atomic mass is 16.6. The molecule has 0 aliphatic carbocycles. The molecule has 1 rings (SSSR count). The Morgan fingerprint density at radius 3 is 2.59 bits per heavy atom. The van der Waals surface area contributed by atoms with Crippen LogP contribution in [-0.2, 0) is 14.3 Å². The molecule has 126 valence electrons. The lowest BCUT2D eigenvalue weighted by Crippen LogP contribution is -2.07.